The number of hydrogen-bond donors (Lipinski definition) is 4. The van der Waals surface area contributed by atoms with Crippen molar-refractivity contribution in [2.24, 2.45) is 0 Å². The van der Waals surface area contributed by atoms with Gasteiger partial charge < -0.3 is 20.3 Å². The molecule has 6 nitrogen and oxygen atoms in total. The summed E-state index contributed by atoms with van der Waals surface area (Å²) in [6.07, 6.45) is 1.16. The number of rotatable bonds is 3. The summed E-state index contributed by atoms with van der Waals surface area (Å²) in [7, 11) is -1.71. The summed E-state index contributed by atoms with van der Waals surface area (Å²) in [6, 6.07) is 0. The minimum Gasteiger partial charge on any atom is -0.423 e. The minimum absolute atomic E-state index is 0.0414. The lowest BCUT2D eigenvalue weighted by Gasteiger charge is -2.05. The van der Waals surface area contributed by atoms with Gasteiger partial charge in [0.2, 0.25) is 0 Å². The second-order valence-corrected chi connectivity index (χ2v) is 2.38. The zero-order chi connectivity index (χ0) is 9.84. The molecule has 0 aliphatic carbocycles. The van der Waals surface area contributed by atoms with E-state index in [0.29, 0.717) is 0 Å². The second-order valence-electron chi connectivity index (χ2n) is 2.38. The Morgan fingerprint density at radius 3 is 2.38 bits per heavy atom. The van der Waals surface area contributed by atoms with Crippen LogP contribution in [0.3, 0.4) is 0 Å². The summed E-state index contributed by atoms with van der Waals surface area (Å²) in [5, 5.41) is 35.1. The van der Waals surface area contributed by atoms with Gasteiger partial charge in [0.25, 0.3) is 0 Å². The van der Waals surface area contributed by atoms with E-state index in [1.807, 2.05) is 0 Å². The molecule has 0 bridgehead atoms. The van der Waals surface area contributed by atoms with Crippen LogP contribution in [0, 0.1) is 0 Å². The van der Waals surface area contributed by atoms with Crippen molar-refractivity contribution < 1.29 is 20.3 Å². The number of hydrogen-bond acceptors (Lipinski definition) is 6. The van der Waals surface area contributed by atoms with Gasteiger partial charge in [-0.05, 0) is 0 Å². The van der Waals surface area contributed by atoms with Gasteiger partial charge in [-0.2, -0.15) is 0 Å². The molecule has 0 aliphatic rings. The van der Waals surface area contributed by atoms with E-state index in [1.165, 1.54) is 0 Å². The van der Waals surface area contributed by atoms with Crippen LogP contribution in [0.2, 0.25) is 0 Å². The first kappa shape index (κ1) is 10.1. The Morgan fingerprint density at radius 2 is 1.92 bits per heavy atom. The zero-order valence-corrected chi connectivity index (χ0v) is 6.75. The van der Waals surface area contributed by atoms with Crippen molar-refractivity contribution in [3.05, 3.63) is 17.7 Å². The highest BCUT2D eigenvalue weighted by Gasteiger charge is 2.17. The molecule has 0 spiro atoms. The molecule has 13 heavy (non-hydrogen) atoms. The van der Waals surface area contributed by atoms with Crippen LogP contribution < -0.4 is 5.46 Å². The molecular weight excluding hydrogens is 175 g/mol. The van der Waals surface area contributed by atoms with Crippen LogP contribution in [0.25, 0.3) is 0 Å². The fourth-order valence-corrected chi connectivity index (χ4v) is 0.886. The maximum absolute atomic E-state index is 8.80. The largest absolute Gasteiger partial charge is 0.491 e. The zero-order valence-electron chi connectivity index (χ0n) is 6.75. The lowest BCUT2D eigenvalue weighted by Crippen LogP contribution is -2.35. The third-order valence-corrected chi connectivity index (χ3v) is 1.52. The van der Waals surface area contributed by atoms with E-state index in [-0.39, 0.29) is 23.6 Å². The normalized spacial score (nSPS) is 10.2. The van der Waals surface area contributed by atoms with Gasteiger partial charge in [0.05, 0.1) is 12.3 Å². The van der Waals surface area contributed by atoms with Crippen molar-refractivity contribution >= 4 is 12.6 Å². The molecule has 0 atom stereocenters. The van der Waals surface area contributed by atoms with Crippen molar-refractivity contribution in [2.45, 2.75) is 13.2 Å². The number of aromatic nitrogens is 2. The van der Waals surface area contributed by atoms with Gasteiger partial charge >= 0.3 is 7.12 Å². The molecular formula is C6H9BN2O4. The number of aliphatic hydroxyl groups is 2. The first-order valence-electron chi connectivity index (χ1n) is 3.61. The number of aliphatic hydroxyl groups excluding tert-OH is 2. The second kappa shape index (κ2) is 4.29. The first-order valence-corrected chi connectivity index (χ1v) is 3.61. The maximum atomic E-state index is 8.80. The Bertz CT molecular complexity index is 294. The van der Waals surface area contributed by atoms with Crippen LogP contribution in [0.15, 0.2) is 6.20 Å². The molecule has 7 heteroatoms. The molecule has 1 heterocycles. The standard InChI is InChI=1S/C6H9BN2O4/c10-2-5-4(7(12)13)1-8-6(3-11)9-5/h1,10-13H,2-3H2. The maximum Gasteiger partial charge on any atom is 0.491 e. The lowest BCUT2D eigenvalue weighted by molar-refractivity contribution is 0.261. The van der Waals surface area contributed by atoms with Gasteiger partial charge in [0.15, 0.2) is 5.82 Å². The molecule has 0 aliphatic heterocycles. The van der Waals surface area contributed by atoms with E-state index in [4.69, 9.17) is 20.3 Å². The summed E-state index contributed by atoms with van der Waals surface area (Å²) < 4.78 is 0. The molecule has 0 aromatic carbocycles. The highest BCUT2D eigenvalue weighted by atomic mass is 16.4. The van der Waals surface area contributed by atoms with E-state index < -0.39 is 13.7 Å². The predicted molar refractivity (Wildman–Crippen MR) is 43.7 cm³/mol. The van der Waals surface area contributed by atoms with E-state index in [2.05, 4.69) is 9.97 Å². The molecule has 0 amide bonds. The van der Waals surface area contributed by atoms with Gasteiger partial charge in [-0.1, -0.05) is 0 Å². The van der Waals surface area contributed by atoms with E-state index >= 15 is 0 Å². The summed E-state index contributed by atoms with van der Waals surface area (Å²) in [4.78, 5) is 7.33. The van der Waals surface area contributed by atoms with Gasteiger partial charge in [-0.15, -0.1) is 0 Å². The highest BCUT2D eigenvalue weighted by molar-refractivity contribution is 6.58. The van der Waals surface area contributed by atoms with Crippen LogP contribution in [-0.2, 0) is 13.2 Å². The van der Waals surface area contributed by atoms with Crippen LogP contribution in [-0.4, -0.2) is 37.3 Å². The molecule has 1 aromatic heterocycles. The van der Waals surface area contributed by atoms with Gasteiger partial charge in [-0.25, -0.2) is 9.97 Å². The van der Waals surface area contributed by atoms with Crippen LogP contribution >= 0.6 is 0 Å². The van der Waals surface area contributed by atoms with Crippen LogP contribution in [0.4, 0.5) is 0 Å². The fourth-order valence-electron chi connectivity index (χ4n) is 0.886. The Labute approximate surface area is 74.7 Å². The van der Waals surface area contributed by atoms with Crippen molar-refractivity contribution in [1.29, 1.82) is 0 Å². The average Bonchev–Trinajstić information content (AvgIpc) is 2.16. The summed E-state index contributed by atoms with van der Waals surface area (Å²) >= 11 is 0. The summed E-state index contributed by atoms with van der Waals surface area (Å²) in [6.45, 7) is -0.780. The molecule has 70 valence electrons. The molecule has 0 saturated heterocycles. The lowest BCUT2D eigenvalue weighted by atomic mass is 9.80. The Kier molecular flexibility index (Phi) is 3.32. The van der Waals surface area contributed by atoms with E-state index in [0.717, 1.165) is 6.20 Å². The molecule has 1 aromatic rings. The SMILES string of the molecule is OCc1ncc(B(O)O)c(CO)n1. The first-order chi connectivity index (χ1) is 6.19. The fraction of sp³-hybridized carbons (Fsp3) is 0.333. The van der Waals surface area contributed by atoms with Gasteiger partial charge in [-0.3, -0.25) is 0 Å². The van der Waals surface area contributed by atoms with Crippen molar-refractivity contribution in [2.75, 3.05) is 0 Å². The molecule has 0 radical (unpaired) electrons. The van der Waals surface area contributed by atoms with Crippen molar-refractivity contribution in [1.82, 2.24) is 9.97 Å². The quantitative estimate of drug-likeness (QED) is 0.376. The molecule has 0 saturated carbocycles. The Hall–Kier alpha value is -1.02. The van der Waals surface area contributed by atoms with E-state index in [1.54, 1.807) is 0 Å². The monoisotopic (exact) mass is 184 g/mol. The predicted octanol–water partition coefficient (Wildman–Crippen LogP) is -2.86. The molecule has 4 N–H and O–H groups in total. The summed E-state index contributed by atoms with van der Waals surface area (Å²) in [5.41, 5.74) is 0.147. The topological polar surface area (TPSA) is 107 Å². The van der Waals surface area contributed by atoms with Gasteiger partial charge in [0.1, 0.15) is 6.61 Å². The third kappa shape index (κ3) is 2.22. The smallest absolute Gasteiger partial charge is 0.423 e. The van der Waals surface area contributed by atoms with Gasteiger partial charge in [0, 0.05) is 11.7 Å². The molecule has 0 fully saturated rings. The van der Waals surface area contributed by atoms with Crippen molar-refractivity contribution in [3.63, 3.8) is 0 Å². The Morgan fingerprint density at radius 1 is 1.23 bits per heavy atom. The minimum atomic E-state index is -1.71. The third-order valence-electron chi connectivity index (χ3n) is 1.52. The highest BCUT2D eigenvalue weighted by Crippen LogP contribution is 1.94. The molecule has 0 unspecified atom stereocenters. The van der Waals surface area contributed by atoms with Crippen molar-refractivity contribution in [3.8, 4) is 0 Å². The molecule has 1 rings (SSSR count). The van der Waals surface area contributed by atoms with E-state index in [9.17, 15) is 0 Å². The average molecular weight is 184 g/mol. The number of nitrogens with zero attached hydrogens (tertiary/aromatic N) is 2. The van der Waals surface area contributed by atoms with Crippen LogP contribution in [0.5, 0.6) is 0 Å². The Balaban J connectivity index is 3.08. The van der Waals surface area contributed by atoms with Crippen LogP contribution in [0.1, 0.15) is 11.5 Å². The summed E-state index contributed by atoms with van der Waals surface area (Å²) in [5.74, 6) is 0.133.